The van der Waals surface area contributed by atoms with Gasteiger partial charge in [-0.05, 0) is 6.42 Å². The fourth-order valence-corrected chi connectivity index (χ4v) is 2.07. The van der Waals surface area contributed by atoms with E-state index in [-0.39, 0.29) is 11.7 Å². The number of carbonyl (C=O) groups is 2. The van der Waals surface area contributed by atoms with Crippen LogP contribution in [0.1, 0.15) is 16.8 Å². The fraction of sp³-hybridized carbons (Fsp3) is 0.385. The lowest BCUT2D eigenvalue weighted by molar-refractivity contribution is -0.128. The first-order valence-corrected chi connectivity index (χ1v) is 6.03. The smallest absolute Gasteiger partial charge is 0.257 e. The molecule has 5 nitrogen and oxygen atoms in total. The molecule has 1 heterocycles. The van der Waals surface area contributed by atoms with Crippen molar-refractivity contribution in [2.24, 2.45) is 0 Å². The van der Waals surface area contributed by atoms with Crippen LogP contribution < -0.4 is 10.1 Å². The van der Waals surface area contributed by atoms with Crippen molar-refractivity contribution >= 4 is 11.8 Å². The first-order valence-electron chi connectivity index (χ1n) is 6.03. The van der Waals surface area contributed by atoms with Gasteiger partial charge in [-0.25, -0.2) is 8.78 Å². The number of carbonyl (C=O) groups excluding carboxylic acids is 2. The maximum Gasteiger partial charge on any atom is 0.257 e. The van der Waals surface area contributed by atoms with Crippen LogP contribution in [0.3, 0.4) is 0 Å². The van der Waals surface area contributed by atoms with Gasteiger partial charge in [0.2, 0.25) is 5.91 Å². The van der Waals surface area contributed by atoms with E-state index in [0.29, 0.717) is 13.0 Å². The van der Waals surface area contributed by atoms with Crippen LogP contribution in [-0.4, -0.2) is 43.5 Å². The number of likely N-dealkylation sites (tertiary alicyclic amines) is 1. The van der Waals surface area contributed by atoms with Crippen LogP contribution in [0.5, 0.6) is 5.75 Å². The number of rotatable bonds is 3. The van der Waals surface area contributed by atoms with Crippen LogP contribution in [0.15, 0.2) is 12.1 Å². The fourth-order valence-electron chi connectivity index (χ4n) is 2.07. The van der Waals surface area contributed by atoms with E-state index in [1.807, 2.05) is 0 Å². The summed E-state index contributed by atoms with van der Waals surface area (Å²) in [4.78, 5) is 25.0. The van der Waals surface area contributed by atoms with Crippen molar-refractivity contribution in [1.29, 1.82) is 0 Å². The molecule has 0 radical (unpaired) electrons. The Morgan fingerprint density at radius 2 is 2.00 bits per heavy atom. The standard InChI is InChI=1S/C13H14F2N2O3/c1-17-4-3-10(13(17)19)16-12(18)11-8(14)5-7(20-2)6-9(11)15/h5-6,10H,3-4H2,1-2H3,(H,16,18)/t10-/m1/s1. The second kappa shape index (κ2) is 5.44. The molecule has 1 atom stereocenters. The Hall–Kier alpha value is -2.18. The number of halogens is 2. The van der Waals surface area contributed by atoms with Gasteiger partial charge in [0.05, 0.1) is 7.11 Å². The third-order valence-corrected chi connectivity index (χ3v) is 3.21. The van der Waals surface area contributed by atoms with Crippen LogP contribution >= 0.6 is 0 Å². The number of nitrogens with one attached hydrogen (secondary N) is 1. The van der Waals surface area contributed by atoms with Crippen molar-refractivity contribution in [3.05, 3.63) is 29.3 Å². The van der Waals surface area contributed by atoms with E-state index >= 15 is 0 Å². The Balaban J connectivity index is 2.20. The molecule has 1 aromatic carbocycles. The number of likely N-dealkylation sites (N-methyl/N-ethyl adjacent to an activating group) is 1. The number of amides is 2. The molecule has 2 rings (SSSR count). The van der Waals surface area contributed by atoms with Crippen LogP contribution in [0.4, 0.5) is 8.78 Å². The number of benzene rings is 1. The van der Waals surface area contributed by atoms with Crippen molar-refractivity contribution in [3.63, 3.8) is 0 Å². The minimum Gasteiger partial charge on any atom is -0.497 e. The normalized spacial score (nSPS) is 18.3. The van der Waals surface area contributed by atoms with Crippen molar-refractivity contribution in [1.82, 2.24) is 10.2 Å². The van der Waals surface area contributed by atoms with E-state index in [0.717, 1.165) is 12.1 Å². The molecule has 1 N–H and O–H groups in total. The summed E-state index contributed by atoms with van der Waals surface area (Å²) in [6, 6.07) is 1.09. The highest BCUT2D eigenvalue weighted by Crippen LogP contribution is 2.21. The summed E-state index contributed by atoms with van der Waals surface area (Å²) in [5.74, 6) is -3.30. The Morgan fingerprint density at radius 3 is 2.45 bits per heavy atom. The Kier molecular flexibility index (Phi) is 3.87. The van der Waals surface area contributed by atoms with Gasteiger partial charge in [-0.1, -0.05) is 0 Å². The lowest BCUT2D eigenvalue weighted by atomic mass is 10.1. The summed E-state index contributed by atoms with van der Waals surface area (Å²) >= 11 is 0. The van der Waals surface area contributed by atoms with Gasteiger partial charge in [0.1, 0.15) is 29.0 Å². The molecule has 1 aromatic rings. The zero-order valence-corrected chi connectivity index (χ0v) is 11.1. The summed E-state index contributed by atoms with van der Waals surface area (Å²) in [6.07, 6.45) is 0.417. The predicted molar refractivity (Wildman–Crippen MR) is 66.4 cm³/mol. The lowest BCUT2D eigenvalue weighted by Gasteiger charge is -2.13. The van der Waals surface area contributed by atoms with Gasteiger partial charge >= 0.3 is 0 Å². The molecular weight excluding hydrogens is 270 g/mol. The highest BCUT2D eigenvalue weighted by molar-refractivity contribution is 5.98. The van der Waals surface area contributed by atoms with E-state index in [1.54, 1.807) is 7.05 Å². The quantitative estimate of drug-likeness (QED) is 0.898. The zero-order valence-electron chi connectivity index (χ0n) is 11.1. The molecule has 1 saturated heterocycles. The van der Waals surface area contributed by atoms with Crippen molar-refractivity contribution in [2.45, 2.75) is 12.5 Å². The molecule has 0 spiro atoms. The summed E-state index contributed by atoms with van der Waals surface area (Å²) in [5, 5.41) is 2.34. The van der Waals surface area contributed by atoms with Gasteiger partial charge in [-0.2, -0.15) is 0 Å². The summed E-state index contributed by atoms with van der Waals surface area (Å²) in [6.45, 7) is 0.497. The van der Waals surface area contributed by atoms with E-state index in [4.69, 9.17) is 4.74 Å². The molecule has 0 aliphatic carbocycles. The van der Waals surface area contributed by atoms with Gasteiger partial charge < -0.3 is 15.0 Å². The number of nitrogens with zero attached hydrogens (tertiary/aromatic N) is 1. The second-order valence-corrected chi connectivity index (χ2v) is 4.54. The Morgan fingerprint density at radius 1 is 1.40 bits per heavy atom. The SMILES string of the molecule is COc1cc(F)c(C(=O)N[C@@H]2CCN(C)C2=O)c(F)c1. The molecule has 1 aliphatic heterocycles. The molecule has 20 heavy (non-hydrogen) atoms. The van der Waals surface area contributed by atoms with Gasteiger partial charge in [-0.3, -0.25) is 9.59 Å². The third kappa shape index (κ3) is 2.56. The maximum atomic E-state index is 13.7. The average molecular weight is 284 g/mol. The topological polar surface area (TPSA) is 58.6 Å². The minimum absolute atomic E-state index is 0.0202. The van der Waals surface area contributed by atoms with E-state index < -0.39 is 29.1 Å². The van der Waals surface area contributed by atoms with Crippen LogP contribution in [0.25, 0.3) is 0 Å². The van der Waals surface area contributed by atoms with Crippen molar-refractivity contribution in [2.75, 3.05) is 20.7 Å². The van der Waals surface area contributed by atoms with E-state index in [2.05, 4.69) is 5.32 Å². The molecule has 1 aliphatic rings. The Bertz CT molecular complexity index is 540. The van der Waals surface area contributed by atoms with Gasteiger partial charge in [-0.15, -0.1) is 0 Å². The van der Waals surface area contributed by atoms with Gasteiger partial charge in [0, 0.05) is 25.7 Å². The van der Waals surface area contributed by atoms with E-state index in [1.165, 1.54) is 12.0 Å². The first-order chi connectivity index (χ1) is 9.43. The highest BCUT2D eigenvalue weighted by atomic mass is 19.1. The first kappa shape index (κ1) is 14.2. The van der Waals surface area contributed by atoms with E-state index in [9.17, 15) is 18.4 Å². The molecule has 0 aromatic heterocycles. The van der Waals surface area contributed by atoms with Crippen LogP contribution in [-0.2, 0) is 4.79 Å². The zero-order chi connectivity index (χ0) is 14.9. The monoisotopic (exact) mass is 284 g/mol. The molecule has 0 saturated carbocycles. The molecule has 1 fully saturated rings. The third-order valence-electron chi connectivity index (χ3n) is 3.21. The average Bonchev–Trinajstić information content (AvgIpc) is 2.69. The summed E-state index contributed by atoms with van der Waals surface area (Å²) in [7, 11) is 2.87. The van der Waals surface area contributed by atoms with Gasteiger partial charge in [0.25, 0.3) is 5.91 Å². The van der Waals surface area contributed by atoms with Crippen molar-refractivity contribution in [3.8, 4) is 5.75 Å². The largest absolute Gasteiger partial charge is 0.497 e. The molecule has 108 valence electrons. The lowest BCUT2D eigenvalue weighted by Crippen LogP contribution is -2.41. The molecule has 0 unspecified atom stereocenters. The van der Waals surface area contributed by atoms with Crippen LogP contribution in [0.2, 0.25) is 0 Å². The minimum atomic E-state index is -1.03. The summed E-state index contributed by atoms with van der Waals surface area (Å²) in [5.41, 5.74) is -0.715. The number of ether oxygens (including phenoxy) is 1. The summed E-state index contributed by atoms with van der Waals surface area (Å²) < 4.78 is 32.1. The predicted octanol–water partition coefficient (Wildman–Crippen LogP) is 0.934. The number of hydrogen-bond acceptors (Lipinski definition) is 3. The second-order valence-electron chi connectivity index (χ2n) is 4.54. The molecule has 2 amide bonds. The Labute approximate surface area is 114 Å². The highest BCUT2D eigenvalue weighted by Gasteiger charge is 2.31. The molecular formula is C13H14F2N2O3. The van der Waals surface area contributed by atoms with Crippen LogP contribution in [0, 0.1) is 11.6 Å². The number of methoxy groups -OCH3 is 1. The molecule has 7 heteroatoms. The molecule has 0 bridgehead atoms. The van der Waals surface area contributed by atoms with Gasteiger partial charge in [0.15, 0.2) is 0 Å². The van der Waals surface area contributed by atoms with Crippen molar-refractivity contribution < 1.29 is 23.1 Å². The number of hydrogen-bond donors (Lipinski definition) is 1. The maximum absolute atomic E-state index is 13.7.